The lowest BCUT2D eigenvalue weighted by atomic mass is 9.82. The van der Waals surface area contributed by atoms with E-state index in [1.807, 2.05) is 32.0 Å². The number of nitrogens with zero attached hydrogens (tertiary/aromatic N) is 3. The van der Waals surface area contributed by atoms with E-state index < -0.39 is 0 Å². The number of benzene rings is 16. The fourth-order valence-corrected chi connectivity index (χ4v) is 16.6. The van der Waals surface area contributed by atoms with Gasteiger partial charge in [-0.05, 0) is 210 Å². The van der Waals surface area contributed by atoms with Gasteiger partial charge in [-0.2, -0.15) is 0 Å². The topological polar surface area (TPSA) is 25.1 Å². The first-order valence-electron chi connectivity index (χ1n) is 37.9. The molecule has 0 spiro atoms. The van der Waals surface area contributed by atoms with Crippen molar-refractivity contribution in [1.29, 1.82) is 0 Å². The van der Waals surface area contributed by atoms with Crippen molar-refractivity contribution < 1.29 is 0 Å². The lowest BCUT2D eigenvalue weighted by molar-refractivity contribution is 0.661. The number of nitrogens with one attached hydrogen (secondary N) is 1. The van der Waals surface area contributed by atoms with Crippen LogP contribution in [0.15, 0.2) is 388 Å². The second-order valence-corrected chi connectivity index (χ2v) is 29.5. The zero-order valence-electron chi connectivity index (χ0n) is 62.2. The first kappa shape index (κ1) is 69.1. The third-order valence-corrected chi connectivity index (χ3v) is 22.1. The molecule has 0 atom stereocenters. The van der Waals surface area contributed by atoms with E-state index in [0.717, 1.165) is 50.4 Å². The largest absolute Gasteiger partial charge is 0.356 e. The van der Waals surface area contributed by atoms with Crippen LogP contribution in [0.3, 0.4) is 0 Å². The average Bonchev–Trinajstić information content (AvgIpc) is 1.56. The highest BCUT2D eigenvalue weighted by Crippen LogP contribution is 2.53. The summed E-state index contributed by atoms with van der Waals surface area (Å²) in [5.41, 5.74) is 33.2. The van der Waals surface area contributed by atoms with Crippen LogP contribution in [0.25, 0.3) is 122 Å². The van der Waals surface area contributed by atoms with Crippen molar-refractivity contribution in [3.8, 4) is 78.1 Å². The Hall–Kier alpha value is -13.0. The zero-order chi connectivity index (χ0) is 74.2. The summed E-state index contributed by atoms with van der Waals surface area (Å²) in [4.78, 5) is 2.38. The molecule has 2 aromatic heterocycles. The van der Waals surface area contributed by atoms with Crippen LogP contribution in [-0.2, 0) is 10.8 Å². The van der Waals surface area contributed by atoms with E-state index >= 15 is 0 Å². The van der Waals surface area contributed by atoms with E-state index in [2.05, 4.69) is 417 Å². The monoisotopic (exact) mass is 1420 g/mol. The minimum Gasteiger partial charge on any atom is -0.356 e. The molecule has 5 heteroatoms. The van der Waals surface area contributed by atoms with E-state index in [1.165, 1.54) is 127 Å². The number of rotatable bonds is 11. The highest BCUT2D eigenvalue weighted by atomic mass is 35.5. The molecule has 0 fully saturated rings. The SMILES string of the molecule is CC.CC1(C)c2ccccc2-c2cc3c(cc21)c1ccc(Cl)cc1n3-c1ccccc1.CC1(C)c2ccccc2-c2cc3c(cc21)c1ccc(N(c2ccc(-c4ccccc4)cc2)c2ccc(-c4ccccc4)cc2)cc1n3-c1ccccc1.c1ccc(-c2ccc(Nc3ccc(-c4ccccc4)cc3)cc2)cc1. The summed E-state index contributed by atoms with van der Waals surface area (Å²) in [7, 11) is 0. The van der Waals surface area contributed by atoms with Crippen LogP contribution in [-0.4, -0.2) is 9.13 Å². The van der Waals surface area contributed by atoms with Crippen LogP contribution in [0.5, 0.6) is 0 Å². The normalized spacial score (nSPS) is 12.5. The molecule has 16 aromatic carbocycles. The molecule has 0 saturated carbocycles. The van der Waals surface area contributed by atoms with Gasteiger partial charge in [-0.1, -0.05) is 320 Å². The number of para-hydroxylation sites is 2. The molecule has 0 amide bonds. The summed E-state index contributed by atoms with van der Waals surface area (Å²) in [6.07, 6.45) is 0. The summed E-state index contributed by atoms with van der Waals surface area (Å²) in [5, 5.41) is 9.27. The minimum absolute atomic E-state index is 0.00624. The Labute approximate surface area is 644 Å². The third-order valence-electron chi connectivity index (χ3n) is 21.9. The van der Waals surface area contributed by atoms with Crippen molar-refractivity contribution in [3.05, 3.63) is 416 Å². The molecule has 526 valence electrons. The highest BCUT2D eigenvalue weighted by molar-refractivity contribution is 6.31. The van der Waals surface area contributed by atoms with Gasteiger partial charge in [-0.15, -0.1) is 0 Å². The van der Waals surface area contributed by atoms with Crippen LogP contribution in [0, 0.1) is 0 Å². The van der Waals surface area contributed by atoms with Crippen molar-refractivity contribution in [1.82, 2.24) is 9.13 Å². The van der Waals surface area contributed by atoms with Crippen molar-refractivity contribution in [2.75, 3.05) is 10.2 Å². The zero-order valence-corrected chi connectivity index (χ0v) is 62.9. The van der Waals surface area contributed by atoms with Gasteiger partial charge in [0, 0.05) is 77.2 Å². The molecule has 0 unspecified atom stereocenters. The van der Waals surface area contributed by atoms with Crippen LogP contribution < -0.4 is 10.2 Å². The molecule has 0 saturated heterocycles. The number of aromatic nitrogens is 2. The Morgan fingerprint density at radius 2 is 0.541 bits per heavy atom. The molecule has 0 aliphatic heterocycles. The van der Waals surface area contributed by atoms with Gasteiger partial charge < -0.3 is 19.4 Å². The minimum atomic E-state index is -0.0736. The Balaban J connectivity index is 0.000000130. The van der Waals surface area contributed by atoms with Gasteiger partial charge in [0.2, 0.25) is 0 Å². The molecule has 2 aliphatic rings. The molecule has 109 heavy (non-hydrogen) atoms. The van der Waals surface area contributed by atoms with E-state index in [1.54, 1.807) is 0 Å². The number of hydrogen-bond donors (Lipinski definition) is 1. The van der Waals surface area contributed by atoms with E-state index in [9.17, 15) is 0 Å². The fraction of sp³-hybridized carbons (Fsp3) is 0.0769. The maximum absolute atomic E-state index is 6.41. The standard InChI is InChI=1S/C51H38N2.C27H20ClN.C24H19N.C2H6/c1-51(2)47-21-13-12-20-43(47)45-34-50-46(33-48(45)51)44-31-30-42(32-49(44)53(50)39-18-10-5-11-19-39)52(40-26-22-37(23-27-40)35-14-6-3-7-15-35)41-28-24-38(25-29-41)36-16-8-4-9-17-36;1-27(2)23-11-7-6-10-19(23)21-16-26-22(15-24(21)27)20-13-12-17(28)14-25(20)29(26)18-8-4-3-5-9-18;1-3-7-19(8-4-1)21-11-15-23(16-12-21)25-24-17-13-22(14-18-24)20-9-5-2-6-10-20;1-2/h3-34H,1-2H3;3-16H,1-2H3;1-18,25H;1-2H3. The molecule has 2 heterocycles. The molecule has 18 aromatic rings. The van der Waals surface area contributed by atoms with Gasteiger partial charge in [-0.3, -0.25) is 0 Å². The Morgan fingerprint density at radius 1 is 0.248 bits per heavy atom. The summed E-state index contributed by atoms with van der Waals surface area (Å²) >= 11 is 6.41. The average molecular weight is 1420 g/mol. The summed E-state index contributed by atoms with van der Waals surface area (Å²) in [5.74, 6) is 0. The van der Waals surface area contributed by atoms with Crippen molar-refractivity contribution >= 4 is 83.6 Å². The van der Waals surface area contributed by atoms with Gasteiger partial charge >= 0.3 is 0 Å². The Morgan fingerprint density at radius 3 is 0.917 bits per heavy atom. The van der Waals surface area contributed by atoms with E-state index in [-0.39, 0.29) is 10.8 Å². The second kappa shape index (κ2) is 29.4. The number of halogens is 1. The van der Waals surface area contributed by atoms with Crippen molar-refractivity contribution in [2.24, 2.45) is 0 Å². The summed E-state index contributed by atoms with van der Waals surface area (Å²) < 4.78 is 4.79. The molecular formula is C104H83ClN4. The predicted molar refractivity (Wildman–Crippen MR) is 466 cm³/mol. The first-order chi connectivity index (χ1) is 53.5. The van der Waals surface area contributed by atoms with Gasteiger partial charge in [-0.25, -0.2) is 0 Å². The lowest BCUT2D eigenvalue weighted by Crippen LogP contribution is -2.14. The quantitative estimate of drug-likeness (QED) is 0.140. The van der Waals surface area contributed by atoms with Crippen LogP contribution in [0.2, 0.25) is 5.02 Å². The molecule has 20 rings (SSSR count). The fourth-order valence-electron chi connectivity index (χ4n) is 16.5. The number of fused-ring (bicyclic) bond motifs is 12. The molecule has 0 bridgehead atoms. The van der Waals surface area contributed by atoms with Gasteiger partial charge in [0.15, 0.2) is 0 Å². The summed E-state index contributed by atoms with van der Waals surface area (Å²) in [6, 6.07) is 139. The molecule has 1 N–H and O–H groups in total. The van der Waals surface area contributed by atoms with Crippen molar-refractivity contribution in [2.45, 2.75) is 52.4 Å². The van der Waals surface area contributed by atoms with Gasteiger partial charge in [0.05, 0.1) is 22.1 Å². The maximum atomic E-state index is 6.41. The third kappa shape index (κ3) is 13.0. The maximum Gasteiger partial charge on any atom is 0.0561 e. The first-order valence-corrected chi connectivity index (χ1v) is 38.3. The molecular weight excluding hydrogens is 1340 g/mol. The lowest BCUT2D eigenvalue weighted by Gasteiger charge is -2.26. The molecule has 4 nitrogen and oxygen atoms in total. The van der Waals surface area contributed by atoms with Gasteiger partial charge in [0.1, 0.15) is 0 Å². The second-order valence-electron chi connectivity index (χ2n) is 29.0. The smallest absolute Gasteiger partial charge is 0.0561 e. The predicted octanol–water partition coefficient (Wildman–Crippen LogP) is 29.4. The highest BCUT2D eigenvalue weighted by Gasteiger charge is 2.38. The van der Waals surface area contributed by atoms with Crippen LogP contribution in [0.1, 0.15) is 63.8 Å². The Kier molecular flexibility index (Phi) is 18.6. The molecule has 2 aliphatic carbocycles. The van der Waals surface area contributed by atoms with Crippen molar-refractivity contribution in [3.63, 3.8) is 0 Å². The van der Waals surface area contributed by atoms with Crippen LogP contribution >= 0.6 is 11.6 Å². The number of anilines is 5. The van der Waals surface area contributed by atoms with E-state index in [4.69, 9.17) is 11.6 Å². The van der Waals surface area contributed by atoms with Gasteiger partial charge in [0.25, 0.3) is 0 Å². The molecule has 0 radical (unpaired) electrons. The Bertz CT molecular complexity index is 6100. The van der Waals surface area contributed by atoms with Crippen LogP contribution in [0.4, 0.5) is 28.4 Å². The van der Waals surface area contributed by atoms with E-state index in [0.29, 0.717) is 0 Å². The summed E-state index contributed by atoms with van der Waals surface area (Å²) in [6.45, 7) is 13.4. The number of hydrogen-bond acceptors (Lipinski definition) is 2.